The van der Waals surface area contributed by atoms with Crippen molar-refractivity contribution in [2.75, 3.05) is 0 Å². The van der Waals surface area contributed by atoms with Crippen LogP contribution in [0.5, 0.6) is 0 Å². The lowest BCUT2D eigenvalue weighted by Crippen LogP contribution is -2.04. The van der Waals surface area contributed by atoms with E-state index in [4.69, 9.17) is 0 Å². The molecule has 0 atom stereocenters. The lowest BCUT2D eigenvalue weighted by Gasteiger charge is -2.09. The molecule has 5 rings (SSSR count). The van der Waals surface area contributed by atoms with E-state index in [0.717, 1.165) is 45.4 Å². The van der Waals surface area contributed by atoms with Crippen LogP contribution < -0.4 is 5.53 Å². The van der Waals surface area contributed by atoms with Crippen LogP contribution in [-0.2, 0) is 0 Å². The van der Waals surface area contributed by atoms with Gasteiger partial charge in [-0.3, -0.25) is 0 Å². The molecule has 7 nitrogen and oxygen atoms in total. The molecule has 1 aromatic carbocycles. The summed E-state index contributed by atoms with van der Waals surface area (Å²) in [6, 6.07) is 4.17. The quantitative estimate of drug-likeness (QED) is 0.598. The lowest BCUT2D eigenvalue weighted by atomic mass is 9.95. The predicted octanol–water partition coefficient (Wildman–Crippen LogP) is 5.07. The predicted molar refractivity (Wildman–Crippen MR) is 126 cm³/mol. The SMILES string of the molecule is Cl.Cl.OC=C1C(C2=NNN=CC=C2)=Cc2cc3c(cc21)C(=C1C=CC=NN=N1)C=C3. The topological polar surface area (TPSA) is 94.1 Å². The number of hydrogen-bond acceptors (Lipinski definition) is 7. The molecule has 2 N–H and O–H groups in total. The molecule has 0 aromatic heterocycles. The van der Waals surface area contributed by atoms with E-state index in [1.165, 1.54) is 0 Å². The Labute approximate surface area is 184 Å². The second-order valence-electron chi connectivity index (χ2n) is 6.31. The van der Waals surface area contributed by atoms with Crippen LogP contribution in [0.25, 0.3) is 23.3 Å². The highest BCUT2D eigenvalue weighted by molar-refractivity contribution is 6.25. The molecule has 2 aliphatic heterocycles. The lowest BCUT2D eigenvalue weighted by molar-refractivity contribution is 0.476. The molecule has 9 heteroatoms. The van der Waals surface area contributed by atoms with Gasteiger partial charge in [0.25, 0.3) is 0 Å². The van der Waals surface area contributed by atoms with Crippen molar-refractivity contribution in [3.8, 4) is 0 Å². The zero-order valence-corrected chi connectivity index (χ0v) is 17.1. The Morgan fingerprint density at radius 2 is 1.77 bits per heavy atom. The Balaban J connectivity index is 0.00000128. The second-order valence-corrected chi connectivity index (χ2v) is 6.31. The largest absolute Gasteiger partial charge is 0.515 e. The smallest absolute Gasteiger partial charge is 0.0954 e. The van der Waals surface area contributed by atoms with Gasteiger partial charge in [0.1, 0.15) is 0 Å². The highest BCUT2D eigenvalue weighted by Crippen LogP contribution is 2.42. The summed E-state index contributed by atoms with van der Waals surface area (Å²) in [6.07, 6.45) is 17.8. The maximum absolute atomic E-state index is 9.96. The average molecular weight is 439 g/mol. The molecular formula is C21H16Cl2N6O. The van der Waals surface area contributed by atoms with Crippen LogP contribution in [0, 0.1) is 0 Å². The van der Waals surface area contributed by atoms with Crippen LogP contribution >= 0.6 is 24.8 Å². The van der Waals surface area contributed by atoms with Crippen molar-refractivity contribution in [3.63, 3.8) is 0 Å². The number of halogens is 2. The number of hydrogen-bond donors (Lipinski definition) is 2. The molecule has 1 aromatic rings. The number of aliphatic hydroxyl groups excluding tert-OH is 1. The molecular weight excluding hydrogens is 423 g/mol. The first kappa shape index (κ1) is 21.2. The highest BCUT2D eigenvalue weighted by atomic mass is 35.5. The van der Waals surface area contributed by atoms with Crippen LogP contribution in [0.15, 0.2) is 85.7 Å². The molecule has 0 saturated carbocycles. The fraction of sp³-hybridized carbons (Fsp3) is 0. The summed E-state index contributed by atoms with van der Waals surface area (Å²) in [5.41, 5.74) is 10.7. The van der Waals surface area contributed by atoms with E-state index in [0.29, 0.717) is 11.3 Å². The first-order chi connectivity index (χ1) is 13.8. The number of hydrazone groups is 2. The summed E-state index contributed by atoms with van der Waals surface area (Å²) >= 11 is 0. The van der Waals surface area contributed by atoms with Gasteiger partial charge < -0.3 is 5.11 Å². The number of aliphatic hydroxyl groups is 1. The first-order valence-electron chi connectivity index (χ1n) is 8.66. The molecule has 0 radical (unpaired) electrons. The Kier molecular flexibility index (Phi) is 6.25. The van der Waals surface area contributed by atoms with Crippen molar-refractivity contribution < 1.29 is 5.11 Å². The van der Waals surface area contributed by atoms with E-state index >= 15 is 0 Å². The zero-order chi connectivity index (χ0) is 18.9. The standard InChI is InChI=1S/C21H14N6O.2ClH/c28-12-19-17-11-16-13(5-6-15(16)20-3-1-7-22-26-24-20)9-14(17)10-18(19)21-4-2-8-23-27-25-21;;/h1-12,27-28H;2*1H. The average Bonchev–Trinajstić information content (AvgIpc) is 3.01. The van der Waals surface area contributed by atoms with Gasteiger partial charge in [0, 0.05) is 22.9 Å². The van der Waals surface area contributed by atoms with Gasteiger partial charge in [-0.05, 0) is 70.0 Å². The van der Waals surface area contributed by atoms with Gasteiger partial charge in [0.2, 0.25) is 0 Å². The van der Waals surface area contributed by atoms with Crippen molar-refractivity contribution in [2.24, 2.45) is 25.6 Å². The van der Waals surface area contributed by atoms with Crippen LogP contribution in [-0.4, -0.2) is 23.2 Å². The fourth-order valence-electron chi connectivity index (χ4n) is 3.51. The molecule has 0 spiro atoms. The molecule has 150 valence electrons. The van der Waals surface area contributed by atoms with Gasteiger partial charge in [-0.1, -0.05) is 12.2 Å². The molecule has 0 saturated heterocycles. The van der Waals surface area contributed by atoms with E-state index < -0.39 is 0 Å². The van der Waals surface area contributed by atoms with Crippen molar-refractivity contribution in [3.05, 3.63) is 82.3 Å². The molecule has 0 amide bonds. The normalized spacial score (nSPS) is 21.1. The Morgan fingerprint density at radius 1 is 0.900 bits per heavy atom. The minimum Gasteiger partial charge on any atom is -0.515 e. The molecule has 2 aliphatic carbocycles. The van der Waals surface area contributed by atoms with Crippen molar-refractivity contribution in [2.45, 2.75) is 0 Å². The van der Waals surface area contributed by atoms with Crippen molar-refractivity contribution in [1.29, 1.82) is 0 Å². The maximum atomic E-state index is 9.96. The van der Waals surface area contributed by atoms with Crippen molar-refractivity contribution in [1.82, 2.24) is 5.53 Å². The van der Waals surface area contributed by atoms with E-state index in [1.807, 2.05) is 30.4 Å². The van der Waals surface area contributed by atoms with Gasteiger partial charge in [0.05, 0.1) is 23.9 Å². The third-order valence-electron chi connectivity index (χ3n) is 4.76. The number of nitrogens with zero attached hydrogens (tertiary/aromatic N) is 5. The van der Waals surface area contributed by atoms with E-state index in [1.54, 1.807) is 18.5 Å². The van der Waals surface area contributed by atoms with Crippen LogP contribution in [0.4, 0.5) is 0 Å². The monoisotopic (exact) mass is 438 g/mol. The first-order valence-corrected chi connectivity index (χ1v) is 8.66. The van der Waals surface area contributed by atoms with Gasteiger partial charge in [-0.25, -0.2) is 0 Å². The van der Waals surface area contributed by atoms with Gasteiger partial charge >= 0.3 is 0 Å². The molecule has 4 aliphatic rings. The van der Waals surface area contributed by atoms with Gasteiger partial charge in [0.15, 0.2) is 0 Å². The second kappa shape index (κ2) is 8.86. The minimum atomic E-state index is 0. The Bertz CT molecular complexity index is 1180. The molecule has 2 heterocycles. The van der Waals surface area contributed by atoms with Crippen LogP contribution in [0.1, 0.15) is 22.3 Å². The third-order valence-corrected chi connectivity index (χ3v) is 4.76. The molecule has 0 bridgehead atoms. The fourth-order valence-corrected chi connectivity index (χ4v) is 3.51. The molecule has 30 heavy (non-hydrogen) atoms. The number of fused-ring (bicyclic) bond motifs is 2. The van der Waals surface area contributed by atoms with E-state index in [2.05, 4.69) is 49.4 Å². The van der Waals surface area contributed by atoms with E-state index in [-0.39, 0.29) is 24.8 Å². The summed E-state index contributed by atoms with van der Waals surface area (Å²) in [5.74, 6) is 0. The summed E-state index contributed by atoms with van der Waals surface area (Å²) in [4.78, 5) is 0. The van der Waals surface area contributed by atoms with Gasteiger partial charge in [-0.2, -0.15) is 15.7 Å². The number of nitrogens with one attached hydrogen (secondary N) is 1. The highest BCUT2D eigenvalue weighted by Gasteiger charge is 2.26. The summed E-state index contributed by atoms with van der Waals surface area (Å²) < 4.78 is 0. The summed E-state index contributed by atoms with van der Waals surface area (Å²) in [7, 11) is 0. The third kappa shape index (κ3) is 3.56. The number of allylic oxidation sites excluding steroid dienone is 8. The van der Waals surface area contributed by atoms with Crippen LogP contribution in [0.2, 0.25) is 0 Å². The maximum Gasteiger partial charge on any atom is 0.0954 e. The van der Waals surface area contributed by atoms with Gasteiger partial charge in [-0.15, -0.1) is 35.0 Å². The summed E-state index contributed by atoms with van der Waals surface area (Å²) in [6.45, 7) is 0. The van der Waals surface area contributed by atoms with Crippen LogP contribution in [0.3, 0.4) is 0 Å². The number of benzene rings is 1. The minimum absolute atomic E-state index is 0. The number of rotatable bonds is 1. The Hall–Kier alpha value is -3.55. The summed E-state index contributed by atoms with van der Waals surface area (Å²) in [5, 5.41) is 29.9. The van der Waals surface area contributed by atoms with Crippen molar-refractivity contribution >= 4 is 66.3 Å². The Morgan fingerprint density at radius 3 is 2.63 bits per heavy atom. The molecule has 0 fully saturated rings. The molecule has 0 unspecified atom stereocenters. The van der Waals surface area contributed by atoms with E-state index in [9.17, 15) is 5.11 Å². The zero-order valence-electron chi connectivity index (χ0n) is 15.4.